The molecule has 0 unspecified atom stereocenters. The number of methoxy groups -OCH3 is 1. The Labute approximate surface area is 180 Å². The summed E-state index contributed by atoms with van der Waals surface area (Å²) >= 11 is 0. The molecule has 4 rings (SSSR count). The van der Waals surface area contributed by atoms with Crippen LogP contribution in [0.2, 0.25) is 0 Å². The van der Waals surface area contributed by atoms with Gasteiger partial charge in [0, 0.05) is 36.2 Å². The lowest BCUT2D eigenvalue weighted by Gasteiger charge is -2.15. The summed E-state index contributed by atoms with van der Waals surface area (Å²) in [7, 11) is 1.59. The van der Waals surface area contributed by atoms with Crippen molar-refractivity contribution in [1.29, 1.82) is 0 Å². The minimum Gasteiger partial charge on any atom is -0.383 e. The summed E-state index contributed by atoms with van der Waals surface area (Å²) in [6.45, 7) is 0.914. The van der Waals surface area contributed by atoms with Crippen LogP contribution >= 0.6 is 0 Å². The molecule has 1 aliphatic heterocycles. The number of nitrogens with one attached hydrogen (secondary N) is 3. The van der Waals surface area contributed by atoms with E-state index in [1.165, 1.54) is 0 Å². The first-order valence-electron chi connectivity index (χ1n) is 10.0. The van der Waals surface area contributed by atoms with Crippen LogP contribution < -0.4 is 16.0 Å². The van der Waals surface area contributed by atoms with Crippen molar-refractivity contribution in [3.05, 3.63) is 95.6 Å². The quantitative estimate of drug-likeness (QED) is 0.404. The molecule has 0 saturated heterocycles. The average Bonchev–Trinajstić information content (AvgIpc) is 3.14. The SMILES string of the molecule is COCCNC(=O)c1ccc(NC(=C2C(=O)Nc3ccccc32)c2ccccc2)cc1. The van der Waals surface area contributed by atoms with Gasteiger partial charge in [0.15, 0.2) is 0 Å². The van der Waals surface area contributed by atoms with Gasteiger partial charge in [-0.1, -0.05) is 48.5 Å². The number of benzene rings is 3. The largest absolute Gasteiger partial charge is 0.383 e. The highest BCUT2D eigenvalue weighted by atomic mass is 16.5. The van der Waals surface area contributed by atoms with Gasteiger partial charge < -0.3 is 20.7 Å². The highest BCUT2D eigenvalue weighted by Crippen LogP contribution is 2.37. The highest BCUT2D eigenvalue weighted by molar-refractivity contribution is 6.37. The zero-order valence-corrected chi connectivity index (χ0v) is 17.1. The van der Waals surface area contributed by atoms with E-state index in [2.05, 4.69) is 16.0 Å². The first-order valence-corrected chi connectivity index (χ1v) is 10.0. The summed E-state index contributed by atoms with van der Waals surface area (Å²) in [5.74, 6) is -0.309. The van der Waals surface area contributed by atoms with Crippen LogP contribution in [0.1, 0.15) is 21.5 Å². The molecule has 3 aromatic carbocycles. The first kappa shape index (κ1) is 20.4. The van der Waals surface area contributed by atoms with E-state index in [1.807, 2.05) is 66.7 Å². The molecule has 3 N–H and O–H groups in total. The Morgan fingerprint density at radius 2 is 1.61 bits per heavy atom. The van der Waals surface area contributed by atoms with E-state index < -0.39 is 0 Å². The number of ether oxygens (including phenoxy) is 1. The van der Waals surface area contributed by atoms with E-state index in [0.717, 1.165) is 22.5 Å². The van der Waals surface area contributed by atoms with Crippen molar-refractivity contribution in [2.45, 2.75) is 0 Å². The molecule has 0 atom stereocenters. The standard InChI is InChI=1S/C25H23N3O3/c1-31-16-15-26-24(29)18-11-13-19(14-12-18)27-23(17-7-3-2-4-8-17)22-20-9-5-6-10-21(20)28-25(22)30/h2-14,27H,15-16H2,1H3,(H,26,29)(H,28,30). The monoisotopic (exact) mass is 413 g/mol. The molecule has 1 aliphatic rings. The minimum absolute atomic E-state index is 0.151. The second-order valence-electron chi connectivity index (χ2n) is 7.07. The molecule has 6 heteroatoms. The van der Waals surface area contributed by atoms with E-state index in [0.29, 0.717) is 30.0 Å². The van der Waals surface area contributed by atoms with Crippen LogP contribution in [0.15, 0.2) is 78.9 Å². The van der Waals surface area contributed by atoms with Gasteiger partial charge in [-0.05, 0) is 35.9 Å². The van der Waals surface area contributed by atoms with Crippen molar-refractivity contribution in [2.75, 3.05) is 30.9 Å². The van der Waals surface area contributed by atoms with Gasteiger partial charge in [-0.15, -0.1) is 0 Å². The number of anilines is 2. The van der Waals surface area contributed by atoms with Gasteiger partial charge in [-0.2, -0.15) is 0 Å². The maximum Gasteiger partial charge on any atom is 0.258 e. The molecule has 0 fully saturated rings. The maximum absolute atomic E-state index is 12.8. The van der Waals surface area contributed by atoms with Crippen molar-refractivity contribution in [3.8, 4) is 0 Å². The Balaban J connectivity index is 1.66. The molecule has 1 heterocycles. The van der Waals surface area contributed by atoms with Crippen LogP contribution in [0.3, 0.4) is 0 Å². The number of carbonyl (C=O) groups is 2. The molecule has 0 aromatic heterocycles. The lowest BCUT2D eigenvalue weighted by molar-refractivity contribution is -0.110. The van der Waals surface area contributed by atoms with Crippen LogP contribution in [-0.2, 0) is 9.53 Å². The number of hydrogen-bond acceptors (Lipinski definition) is 4. The van der Waals surface area contributed by atoms with E-state index in [4.69, 9.17) is 4.74 Å². The fourth-order valence-electron chi connectivity index (χ4n) is 3.47. The van der Waals surface area contributed by atoms with E-state index in [1.54, 1.807) is 19.2 Å². The zero-order valence-electron chi connectivity index (χ0n) is 17.1. The molecule has 156 valence electrons. The Kier molecular flexibility index (Phi) is 6.10. The fourth-order valence-corrected chi connectivity index (χ4v) is 3.47. The second-order valence-corrected chi connectivity index (χ2v) is 7.07. The molecule has 0 radical (unpaired) electrons. The van der Waals surface area contributed by atoms with Gasteiger partial charge in [0.05, 0.1) is 17.9 Å². The van der Waals surface area contributed by atoms with Gasteiger partial charge in [0.25, 0.3) is 11.8 Å². The number of carbonyl (C=O) groups excluding carboxylic acids is 2. The normalized spacial score (nSPS) is 13.9. The van der Waals surface area contributed by atoms with E-state index >= 15 is 0 Å². The fraction of sp³-hybridized carbons (Fsp3) is 0.120. The Hall–Kier alpha value is -3.90. The topological polar surface area (TPSA) is 79.5 Å². The van der Waals surface area contributed by atoms with E-state index in [9.17, 15) is 9.59 Å². The summed E-state index contributed by atoms with van der Waals surface area (Å²) in [4.78, 5) is 25.0. The summed E-state index contributed by atoms with van der Waals surface area (Å²) in [5, 5.41) is 9.13. The Bertz CT molecular complexity index is 1120. The summed E-state index contributed by atoms with van der Waals surface area (Å²) in [6.07, 6.45) is 0. The number of para-hydroxylation sites is 1. The molecule has 0 saturated carbocycles. The van der Waals surface area contributed by atoms with Crippen LogP contribution in [0, 0.1) is 0 Å². The summed E-state index contributed by atoms with van der Waals surface area (Å²) in [5.41, 5.74) is 5.17. The smallest absolute Gasteiger partial charge is 0.258 e. The number of hydrogen-bond donors (Lipinski definition) is 3. The second kappa shape index (κ2) is 9.28. The third kappa shape index (κ3) is 4.49. The van der Waals surface area contributed by atoms with Crippen LogP contribution in [0.5, 0.6) is 0 Å². The van der Waals surface area contributed by atoms with Crippen LogP contribution in [-0.4, -0.2) is 32.1 Å². The van der Waals surface area contributed by atoms with Gasteiger partial charge >= 0.3 is 0 Å². The van der Waals surface area contributed by atoms with Crippen molar-refractivity contribution >= 4 is 34.5 Å². The first-order chi connectivity index (χ1) is 15.2. The predicted molar refractivity (Wildman–Crippen MR) is 123 cm³/mol. The maximum atomic E-state index is 12.8. The van der Waals surface area contributed by atoms with E-state index in [-0.39, 0.29) is 11.8 Å². The summed E-state index contributed by atoms with van der Waals surface area (Å²) < 4.78 is 4.95. The van der Waals surface area contributed by atoms with Gasteiger partial charge in [-0.3, -0.25) is 9.59 Å². The highest BCUT2D eigenvalue weighted by Gasteiger charge is 2.28. The molecule has 2 amide bonds. The minimum atomic E-state index is -0.158. The van der Waals surface area contributed by atoms with Crippen molar-refractivity contribution in [1.82, 2.24) is 5.32 Å². The molecule has 0 spiro atoms. The van der Waals surface area contributed by atoms with Crippen molar-refractivity contribution < 1.29 is 14.3 Å². The van der Waals surface area contributed by atoms with Crippen LogP contribution in [0.4, 0.5) is 11.4 Å². The summed E-state index contributed by atoms with van der Waals surface area (Å²) in [6, 6.07) is 24.5. The molecule has 0 aliphatic carbocycles. The molecular formula is C25H23N3O3. The molecule has 6 nitrogen and oxygen atoms in total. The van der Waals surface area contributed by atoms with Gasteiger partial charge in [-0.25, -0.2) is 0 Å². The number of rotatable bonds is 7. The Morgan fingerprint density at radius 3 is 2.35 bits per heavy atom. The predicted octanol–water partition coefficient (Wildman–Crippen LogP) is 4.00. The Morgan fingerprint density at radius 1 is 0.903 bits per heavy atom. The number of fused-ring (bicyclic) bond motifs is 1. The lowest BCUT2D eigenvalue weighted by atomic mass is 10.00. The van der Waals surface area contributed by atoms with Crippen molar-refractivity contribution in [3.63, 3.8) is 0 Å². The van der Waals surface area contributed by atoms with Gasteiger partial charge in [0.2, 0.25) is 0 Å². The molecule has 31 heavy (non-hydrogen) atoms. The average molecular weight is 413 g/mol. The lowest BCUT2D eigenvalue weighted by Crippen LogP contribution is -2.26. The third-order valence-electron chi connectivity index (χ3n) is 4.99. The molecule has 0 bridgehead atoms. The molecule has 3 aromatic rings. The third-order valence-corrected chi connectivity index (χ3v) is 4.99. The van der Waals surface area contributed by atoms with Gasteiger partial charge in [0.1, 0.15) is 0 Å². The van der Waals surface area contributed by atoms with Crippen LogP contribution in [0.25, 0.3) is 11.3 Å². The zero-order chi connectivity index (χ0) is 21.6. The number of amides is 2. The molecular weight excluding hydrogens is 390 g/mol. The van der Waals surface area contributed by atoms with Crippen molar-refractivity contribution in [2.24, 2.45) is 0 Å².